The third-order valence-electron chi connectivity index (χ3n) is 5.82. The summed E-state index contributed by atoms with van der Waals surface area (Å²) in [5.74, 6) is 1.50. The molecule has 0 spiro atoms. The molecular weight excluding hydrogens is 373 g/mol. The largest absolute Gasteiger partial charge is 0.373 e. The minimum Gasteiger partial charge on any atom is -0.373 e. The number of aryl methyl sites for hydroxylation is 1. The standard InChI is InChI=1S/C19H17Cl2N3O2/c1-8-22-6-9(7-23-8)15-16(18-12-5-11(12)17(15)26-18)19(25)24-10-2-3-13(20)14(21)4-10/h2-4,6-7,11-12,15-18H,5H2,1H3,(H,24,25)/t11-,12+,15+,16-,17-,18+/m0/s1. The number of rotatable bonds is 3. The molecule has 5 rings (SSSR count). The summed E-state index contributed by atoms with van der Waals surface area (Å²) in [5.41, 5.74) is 1.61. The molecule has 1 saturated carbocycles. The van der Waals surface area contributed by atoms with Crippen LogP contribution in [-0.4, -0.2) is 28.1 Å². The number of aromatic nitrogens is 2. The molecule has 1 aliphatic carbocycles. The van der Waals surface area contributed by atoms with E-state index in [0.29, 0.717) is 27.6 Å². The number of halogens is 2. The normalized spacial score (nSPS) is 33.8. The zero-order chi connectivity index (χ0) is 18.0. The Hall–Kier alpha value is -1.69. The molecule has 3 aliphatic rings. The third kappa shape index (κ3) is 2.53. The molecule has 6 atom stereocenters. The van der Waals surface area contributed by atoms with Crippen LogP contribution < -0.4 is 5.32 Å². The number of hydrogen-bond donors (Lipinski definition) is 1. The first-order valence-corrected chi connectivity index (χ1v) is 9.48. The van der Waals surface area contributed by atoms with Crippen LogP contribution in [0.5, 0.6) is 0 Å². The minimum absolute atomic E-state index is 0.00729. The van der Waals surface area contributed by atoms with Gasteiger partial charge in [0.2, 0.25) is 5.91 Å². The van der Waals surface area contributed by atoms with Crippen molar-refractivity contribution in [3.8, 4) is 0 Å². The second-order valence-corrected chi connectivity index (χ2v) is 8.18. The lowest BCUT2D eigenvalue weighted by atomic mass is 9.75. The molecule has 2 bridgehead atoms. The van der Waals surface area contributed by atoms with E-state index in [2.05, 4.69) is 15.3 Å². The number of benzene rings is 1. The topological polar surface area (TPSA) is 64.1 Å². The molecule has 3 fully saturated rings. The van der Waals surface area contributed by atoms with Crippen molar-refractivity contribution in [1.82, 2.24) is 9.97 Å². The number of nitrogens with one attached hydrogen (secondary N) is 1. The average molecular weight is 390 g/mol. The van der Waals surface area contributed by atoms with Crippen molar-refractivity contribution in [3.63, 3.8) is 0 Å². The van der Waals surface area contributed by atoms with Crippen molar-refractivity contribution < 1.29 is 9.53 Å². The fourth-order valence-corrected chi connectivity index (χ4v) is 4.87. The lowest BCUT2D eigenvalue weighted by Crippen LogP contribution is -2.37. The molecule has 134 valence electrons. The van der Waals surface area contributed by atoms with E-state index in [1.165, 1.54) is 0 Å². The number of nitrogens with zero attached hydrogens (tertiary/aromatic N) is 2. The molecule has 7 heteroatoms. The van der Waals surface area contributed by atoms with Crippen LogP contribution in [0.2, 0.25) is 10.0 Å². The summed E-state index contributed by atoms with van der Waals surface area (Å²) in [5, 5.41) is 3.86. The summed E-state index contributed by atoms with van der Waals surface area (Å²) >= 11 is 12.0. The van der Waals surface area contributed by atoms with Gasteiger partial charge in [0.25, 0.3) is 0 Å². The van der Waals surface area contributed by atoms with Gasteiger partial charge in [0, 0.05) is 24.0 Å². The summed E-state index contributed by atoms with van der Waals surface area (Å²) in [6.07, 6.45) is 4.86. The maximum Gasteiger partial charge on any atom is 0.230 e. The molecule has 2 saturated heterocycles. The van der Waals surface area contributed by atoms with Gasteiger partial charge < -0.3 is 10.1 Å². The van der Waals surface area contributed by atoms with Crippen LogP contribution in [0.25, 0.3) is 0 Å². The predicted molar refractivity (Wildman–Crippen MR) is 98.3 cm³/mol. The minimum atomic E-state index is -0.246. The maximum atomic E-state index is 13.1. The molecule has 0 radical (unpaired) electrons. The summed E-state index contributed by atoms with van der Waals surface area (Å²) < 4.78 is 6.18. The van der Waals surface area contributed by atoms with Gasteiger partial charge in [-0.25, -0.2) is 9.97 Å². The fourth-order valence-electron chi connectivity index (χ4n) is 4.57. The maximum absolute atomic E-state index is 13.1. The number of ether oxygens (including phenoxy) is 1. The smallest absolute Gasteiger partial charge is 0.230 e. The van der Waals surface area contributed by atoms with E-state index in [1.807, 2.05) is 19.3 Å². The van der Waals surface area contributed by atoms with Gasteiger partial charge in [-0.15, -0.1) is 0 Å². The quantitative estimate of drug-likeness (QED) is 0.865. The van der Waals surface area contributed by atoms with Gasteiger partial charge in [-0.3, -0.25) is 4.79 Å². The van der Waals surface area contributed by atoms with E-state index >= 15 is 0 Å². The second-order valence-electron chi connectivity index (χ2n) is 7.36. The van der Waals surface area contributed by atoms with Crippen LogP contribution in [0, 0.1) is 24.7 Å². The lowest BCUT2D eigenvalue weighted by molar-refractivity contribution is -0.122. The van der Waals surface area contributed by atoms with Crippen molar-refractivity contribution in [2.24, 2.45) is 17.8 Å². The predicted octanol–water partition coefficient (Wildman–Crippen LogP) is 3.85. The highest BCUT2D eigenvalue weighted by molar-refractivity contribution is 6.42. The highest BCUT2D eigenvalue weighted by Crippen LogP contribution is 2.65. The van der Waals surface area contributed by atoms with E-state index in [9.17, 15) is 4.79 Å². The van der Waals surface area contributed by atoms with E-state index in [4.69, 9.17) is 27.9 Å². The summed E-state index contributed by atoms with van der Waals surface area (Å²) in [4.78, 5) is 21.7. The van der Waals surface area contributed by atoms with Gasteiger partial charge in [-0.05, 0) is 48.9 Å². The molecule has 1 N–H and O–H groups in total. The Kier molecular flexibility index (Phi) is 3.75. The van der Waals surface area contributed by atoms with E-state index in [0.717, 1.165) is 17.8 Å². The molecule has 2 aromatic rings. The second kappa shape index (κ2) is 5.91. The van der Waals surface area contributed by atoms with Crippen LogP contribution >= 0.6 is 23.2 Å². The van der Waals surface area contributed by atoms with Crippen LogP contribution in [0.1, 0.15) is 23.7 Å². The zero-order valence-corrected chi connectivity index (χ0v) is 15.5. The van der Waals surface area contributed by atoms with Crippen molar-refractivity contribution in [2.45, 2.75) is 31.5 Å². The lowest BCUT2D eigenvalue weighted by Gasteiger charge is -2.26. The molecule has 5 nitrogen and oxygen atoms in total. The summed E-state index contributed by atoms with van der Waals surface area (Å²) in [6.45, 7) is 1.85. The Labute approximate surface area is 161 Å². The Bertz CT molecular complexity index is 889. The molecular formula is C19H17Cl2N3O2. The average Bonchev–Trinajstić information content (AvgIpc) is 3.24. The van der Waals surface area contributed by atoms with Gasteiger partial charge in [0.1, 0.15) is 5.82 Å². The first kappa shape index (κ1) is 16.5. The van der Waals surface area contributed by atoms with Gasteiger partial charge in [0.15, 0.2) is 0 Å². The van der Waals surface area contributed by atoms with E-state index in [1.54, 1.807) is 18.2 Å². The Morgan fingerprint density at radius 1 is 1.15 bits per heavy atom. The van der Waals surface area contributed by atoms with Crippen molar-refractivity contribution in [2.75, 3.05) is 5.32 Å². The molecule has 1 aromatic carbocycles. The fraction of sp³-hybridized carbons (Fsp3) is 0.421. The highest BCUT2D eigenvalue weighted by Gasteiger charge is 2.68. The molecule has 2 aliphatic heterocycles. The van der Waals surface area contributed by atoms with Crippen molar-refractivity contribution in [3.05, 3.63) is 52.0 Å². The number of fused-ring (bicyclic) bond motifs is 5. The van der Waals surface area contributed by atoms with Crippen LogP contribution in [-0.2, 0) is 9.53 Å². The van der Waals surface area contributed by atoms with E-state index < -0.39 is 0 Å². The first-order valence-electron chi connectivity index (χ1n) is 8.73. The monoisotopic (exact) mass is 389 g/mol. The number of carbonyl (C=O) groups is 1. The third-order valence-corrected chi connectivity index (χ3v) is 6.56. The number of anilines is 1. The molecule has 0 unspecified atom stereocenters. The van der Waals surface area contributed by atoms with E-state index in [-0.39, 0.29) is 30.0 Å². The van der Waals surface area contributed by atoms with Crippen LogP contribution in [0.4, 0.5) is 5.69 Å². The Morgan fingerprint density at radius 3 is 2.62 bits per heavy atom. The van der Waals surface area contributed by atoms with Gasteiger partial charge in [-0.2, -0.15) is 0 Å². The number of amides is 1. The SMILES string of the molecule is Cc1ncc([C@H]2[C@H]3O[C@H]([C@@H]4C[C@@H]43)[C@H]2C(=O)Nc2ccc(Cl)c(Cl)c2)cn1. The highest BCUT2D eigenvalue weighted by atomic mass is 35.5. The summed E-state index contributed by atoms with van der Waals surface area (Å²) in [6, 6.07) is 5.10. The summed E-state index contributed by atoms with van der Waals surface area (Å²) in [7, 11) is 0. The van der Waals surface area contributed by atoms with Gasteiger partial charge in [0.05, 0.1) is 28.2 Å². The molecule has 3 heterocycles. The molecule has 26 heavy (non-hydrogen) atoms. The van der Waals surface area contributed by atoms with Crippen molar-refractivity contribution >= 4 is 34.8 Å². The Balaban J connectivity index is 1.44. The van der Waals surface area contributed by atoms with Crippen LogP contribution in [0.3, 0.4) is 0 Å². The first-order chi connectivity index (χ1) is 12.5. The Morgan fingerprint density at radius 2 is 1.88 bits per heavy atom. The number of hydrogen-bond acceptors (Lipinski definition) is 4. The molecule has 1 amide bonds. The van der Waals surface area contributed by atoms with Crippen molar-refractivity contribution in [1.29, 1.82) is 0 Å². The number of carbonyl (C=O) groups excluding carboxylic acids is 1. The van der Waals surface area contributed by atoms with Gasteiger partial charge >= 0.3 is 0 Å². The zero-order valence-electron chi connectivity index (χ0n) is 14.0. The van der Waals surface area contributed by atoms with Crippen LogP contribution in [0.15, 0.2) is 30.6 Å². The van der Waals surface area contributed by atoms with Gasteiger partial charge in [-0.1, -0.05) is 23.2 Å². The molecule has 1 aromatic heterocycles.